The van der Waals surface area contributed by atoms with Gasteiger partial charge in [-0.2, -0.15) is 0 Å². The number of hydrogen-bond donors (Lipinski definition) is 1. The fourth-order valence-corrected chi connectivity index (χ4v) is 2.11. The molecule has 5 heteroatoms. The number of rotatable bonds is 6. The Bertz CT molecular complexity index is 602. The zero-order valence-corrected chi connectivity index (χ0v) is 12.8. The maximum atomic E-state index is 11.7. The van der Waals surface area contributed by atoms with Crippen molar-refractivity contribution in [2.75, 3.05) is 13.2 Å². The van der Waals surface area contributed by atoms with Gasteiger partial charge in [0.1, 0.15) is 5.75 Å². The van der Waals surface area contributed by atoms with Crippen LogP contribution in [-0.2, 0) is 11.2 Å². The van der Waals surface area contributed by atoms with E-state index in [1.54, 1.807) is 18.2 Å². The summed E-state index contributed by atoms with van der Waals surface area (Å²) in [5.74, 6) is 0.212. The van der Waals surface area contributed by atoms with Crippen LogP contribution >= 0.6 is 23.2 Å². The van der Waals surface area contributed by atoms with Crippen LogP contribution in [0.2, 0.25) is 10.0 Å². The molecule has 0 aliphatic carbocycles. The molecule has 1 amide bonds. The molecule has 0 aromatic heterocycles. The molecule has 0 unspecified atom stereocenters. The lowest BCUT2D eigenvalue weighted by Crippen LogP contribution is -2.30. The van der Waals surface area contributed by atoms with Gasteiger partial charge < -0.3 is 10.1 Å². The first-order valence-corrected chi connectivity index (χ1v) is 7.29. The third kappa shape index (κ3) is 5.29. The first kappa shape index (κ1) is 15.7. The Morgan fingerprint density at radius 1 is 1.10 bits per heavy atom. The maximum absolute atomic E-state index is 11.7. The van der Waals surface area contributed by atoms with Crippen LogP contribution in [0.3, 0.4) is 0 Å². The summed E-state index contributed by atoms with van der Waals surface area (Å²) >= 11 is 11.8. The van der Waals surface area contributed by atoms with E-state index in [4.69, 9.17) is 27.9 Å². The van der Waals surface area contributed by atoms with Gasteiger partial charge in [-0.3, -0.25) is 4.79 Å². The fraction of sp³-hybridized carbons (Fsp3) is 0.188. The lowest BCUT2D eigenvalue weighted by atomic mass is 10.1. The summed E-state index contributed by atoms with van der Waals surface area (Å²) in [6.07, 6.45) is 0.782. The molecule has 2 aromatic rings. The van der Waals surface area contributed by atoms with E-state index in [0.717, 1.165) is 6.42 Å². The summed E-state index contributed by atoms with van der Waals surface area (Å²) in [7, 11) is 0. The van der Waals surface area contributed by atoms with Gasteiger partial charge in [-0.1, -0.05) is 53.5 Å². The SMILES string of the molecule is O=C(COc1cc(Cl)ccc1Cl)NCCc1ccccc1. The summed E-state index contributed by atoms with van der Waals surface area (Å²) in [5, 5.41) is 3.74. The summed E-state index contributed by atoms with van der Waals surface area (Å²) in [4.78, 5) is 11.7. The van der Waals surface area contributed by atoms with Gasteiger partial charge in [0.25, 0.3) is 5.91 Å². The van der Waals surface area contributed by atoms with Crippen LogP contribution in [-0.4, -0.2) is 19.1 Å². The number of carbonyl (C=O) groups excluding carboxylic acids is 1. The van der Waals surface area contributed by atoms with E-state index < -0.39 is 0 Å². The summed E-state index contributed by atoms with van der Waals surface area (Å²) in [5.41, 5.74) is 1.18. The van der Waals surface area contributed by atoms with Crippen LogP contribution in [0.1, 0.15) is 5.56 Å². The molecule has 0 saturated carbocycles. The Morgan fingerprint density at radius 3 is 2.62 bits per heavy atom. The Hall–Kier alpha value is -1.71. The second-order valence-corrected chi connectivity index (χ2v) is 5.29. The second-order valence-electron chi connectivity index (χ2n) is 4.45. The molecule has 0 fully saturated rings. The maximum Gasteiger partial charge on any atom is 0.257 e. The van der Waals surface area contributed by atoms with Crippen LogP contribution in [0.5, 0.6) is 5.75 Å². The Kier molecular flexibility index (Phi) is 5.90. The molecule has 3 nitrogen and oxygen atoms in total. The Balaban J connectivity index is 1.74. The quantitative estimate of drug-likeness (QED) is 0.879. The van der Waals surface area contributed by atoms with Crippen molar-refractivity contribution < 1.29 is 9.53 Å². The zero-order chi connectivity index (χ0) is 15.1. The number of hydrogen-bond acceptors (Lipinski definition) is 2. The number of amides is 1. The van der Waals surface area contributed by atoms with E-state index in [0.29, 0.717) is 22.3 Å². The highest BCUT2D eigenvalue weighted by molar-refractivity contribution is 6.34. The van der Waals surface area contributed by atoms with Crippen LogP contribution < -0.4 is 10.1 Å². The molecule has 21 heavy (non-hydrogen) atoms. The fourth-order valence-electron chi connectivity index (χ4n) is 1.77. The molecule has 0 saturated heterocycles. The molecule has 0 radical (unpaired) electrons. The van der Waals surface area contributed by atoms with Crippen molar-refractivity contribution in [1.82, 2.24) is 5.32 Å². The van der Waals surface area contributed by atoms with Crippen LogP contribution in [0.25, 0.3) is 0 Å². The molecular formula is C16H15Cl2NO2. The number of nitrogens with one attached hydrogen (secondary N) is 1. The van der Waals surface area contributed by atoms with Gasteiger partial charge in [0, 0.05) is 17.6 Å². The van der Waals surface area contributed by atoms with Crippen molar-refractivity contribution in [3.63, 3.8) is 0 Å². The molecule has 2 aromatic carbocycles. The molecule has 0 aliphatic heterocycles. The third-order valence-electron chi connectivity index (χ3n) is 2.83. The van der Waals surface area contributed by atoms with Gasteiger partial charge in [0.2, 0.25) is 0 Å². The van der Waals surface area contributed by atoms with Crippen molar-refractivity contribution >= 4 is 29.1 Å². The predicted octanol–water partition coefficient (Wildman–Crippen LogP) is 3.73. The predicted molar refractivity (Wildman–Crippen MR) is 85.1 cm³/mol. The van der Waals surface area contributed by atoms with Gasteiger partial charge >= 0.3 is 0 Å². The lowest BCUT2D eigenvalue weighted by Gasteiger charge is -2.09. The largest absolute Gasteiger partial charge is 0.482 e. The molecule has 0 aliphatic rings. The minimum Gasteiger partial charge on any atom is -0.482 e. The highest BCUT2D eigenvalue weighted by atomic mass is 35.5. The Morgan fingerprint density at radius 2 is 1.86 bits per heavy atom. The van der Waals surface area contributed by atoms with E-state index in [1.807, 2.05) is 30.3 Å². The Labute approximate surface area is 133 Å². The van der Waals surface area contributed by atoms with Crippen LogP contribution in [0.15, 0.2) is 48.5 Å². The molecule has 2 rings (SSSR count). The van der Waals surface area contributed by atoms with Gasteiger partial charge in [-0.15, -0.1) is 0 Å². The lowest BCUT2D eigenvalue weighted by molar-refractivity contribution is -0.123. The molecule has 0 heterocycles. The second kappa shape index (κ2) is 7.91. The summed E-state index contributed by atoms with van der Waals surface area (Å²) in [6.45, 7) is 0.477. The molecule has 1 N–H and O–H groups in total. The van der Waals surface area contributed by atoms with Crippen molar-refractivity contribution in [3.8, 4) is 5.75 Å². The highest BCUT2D eigenvalue weighted by Crippen LogP contribution is 2.27. The zero-order valence-electron chi connectivity index (χ0n) is 11.3. The minimum absolute atomic E-state index is 0.0884. The smallest absolute Gasteiger partial charge is 0.257 e. The average molecular weight is 324 g/mol. The molecule has 0 bridgehead atoms. The summed E-state index contributed by atoms with van der Waals surface area (Å²) in [6, 6.07) is 14.8. The van der Waals surface area contributed by atoms with E-state index in [2.05, 4.69) is 5.32 Å². The van der Waals surface area contributed by atoms with Crippen molar-refractivity contribution in [1.29, 1.82) is 0 Å². The molecule has 110 valence electrons. The van der Waals surface area contributed by atoms with Crippen molar-refractivity contribution in [2.24, 2.45) is 0 Å². The molecule has 0 spiro atoms. The number of halogens is 2. The monoisotopic (exact) mass is 323 g/mol. The van der Waals surface area contributed by atoms with E-state index in [-0.39, 0.29) is 12.5 Å². The topological polar surface area (TPSA) is 38.3 Å². The van der Waals surface area contributed by atoms with Gasteiger partial charge in [-0.25, -0.2) is 0 Å². The molecule has 0 atom stereocenters. The van der Waals surface area contributed by atoms with Gasteiger partial charge in [0.05, 0.1) is 5.02 Å². The number of carbonyl (C=O) groups is 1. The van der Waals surface area contributed by atoms with E-state index in [1.165, 1.54) is 5.56 Å². The van der Waals surface area contributed by atoms with E-state index >= 15 is 0 Å². The first-order valence-electron chi connectivity index (χ1n) is 6.53. The molecular weight excluding hydrogens is 309 g/mol. The first-order chi connectivity index (χ1) is 10.1. The number of ether oxygens (including phenoxy) is 1. The summed E-state index contributed by atoms with van der Waals surface area (Å²) < 4.78 is 5.35. The minimum atomic E-state index is -0.193. The van der Waals surface area contributed by atoms with E-state index in [9.17, 15) is 4.79 Å². The normalized spacial score (nSPS) is 10.2. The third-order valence-corrected chi connectivity index (χ3v) is 3.38. The highest BCUT2D eigenvalue weighted by Gasteiger charge is 2.06. The van der Waals surface area contributed by atoms with Crippen molar-refractivity contribution in [2.45, 2.75) is 6.42 Å². The van der Waals surface area contributed by atoms with Gasteiger partial charge in [0.15, 0.2) is 6.61 Å². The van der Waals surface area contributed by atoms with Crippen molar-refractivity contribution in [3.05, 3.63) is 64.1 Å². The number of benzene rings is 2. The standard InChI is InChI=1S/C16H15Cl2NO2/c17-13-6-7-14(18)15(10-13)21-11-16(20)19-9-8-12-4-2-1-3-5-12/h1-7,10H,8-9,11H2,(H,19,20). The average Bonchev–Trinajstić information content (AvgIpc) is 2.49. The van der Waals surface area contributed by atoms with Crippen LogP contribution in [0.4, 0.5) is 0 Å². The van der Waals surface area contributed by atoms with Gasteiger partial charge in [-0.05, 0) is 24.1 Å². The van der Waals surface area contributed by atoms with Crippen LogP contribution in [0, 0.1) is 0 Å².